The van der Waals surface area contributed by atoms with Crippen molar-refractivity contribution >= 4 is 16.3 Å². The molecule has 1 fully saturated rings. The maximum atomic E-state index is 12.9. The van der Waals surface area contributed by atoms with Crippen LogP contribution in [-0.4, -0.2) is 107 Å². The molecule has 0 aliphatic carbocycles. The molecular weight excluding hydrogens is 634 g/mol. The Morgan fingerprint density at radius 3 is 2.02 bits per heavy atom. The molecule has 0 aromatic rings. The number of carbonyl (C=O) groups excluding carboxylic acids is 1. The van der Waals surface area contributed by atoms with Crippen molar-refractivity contribution in [1.82, 2.24) is 5.32 Å². The summed E-state index contributed by atoms with van der Waals surface area (Å²) in [6, 6.07) is -1.14. The summed E-state index contributed by atoms with van der Waals surface area (Å²) in [5.41, 5.74) is 0. The number of unbranched alkanes of at least 4 members (excludes halogenated alkanes) is 9. The van der Waals surface area contributed by atoms with Gasteiger partial charge in [0.1, 0.15) is 30.5 Å². The predicted octanol–water partition coefficient (Wildman–Crippen LogP) is 3.01. The van der Waals surface area contributed by atoms with Crippen molar-refractivity contribution in [3.8, 4) is 0 Å². The number of carbonyl (C=O) groups is 1. The summed E-state index contributed by atoms with van der Waals surface area (Å²) in [4.78, 5) is 12.9. The van der Waals surface area contributed by atoms with E-state index in [9.17, 15) is 38.7 Å². The molecule has 1 aliphatic heterocycles. The molecule has 1 saturated heterocycles. The molecule has 14 heteroatoms. The highest BCUT2D eigenvalue weighted by Gasteiger charge is 2.48. The lowest BCUT2D eigenvalue weighted by Gasteiger charge is -2.41. The van der Waals surface area contributed by atoms with Gasteiger partial charge in [-0.1, -0.05) is 95.2 Å². The third kappa shape index (κ3) is 19.2. The van der Waals surface area contributed by atoms with Gasteiger partial charge in [0.2, 0.25) is 5.91 Å². The van der Waals surface area contributed by atoms with Gasteiger partial charge in [0.15, 0.2) is 6.29 Å². The summed E-state index contributed by atoms with van der Waals surface area (Å²) >= 11 is 0. The smallest absolute Gasteiger partial charge is 0.394 e. The standard InChI is InChI=1S/C33H59NO12S/c1-3-5-7-9-11-13-14-16-18-20-22-27(37)32(40)34-25(26(36)21-19-17-15-12-10-8-6-4-2)24-44-33-30(39)31(46-47(41,42)43)29(38)28(23-35)45-33/h9-12,19,21,25-31,33,35-39H,3-8,13-18,20,22-24H2,1-2H3,(H,34,40)(H,41,42,43)/b11-9-,12-10+,21-19+. The van der Waals surface area contributed by atoms with E-state index in [0.717, 1.165) is 57.8 Å². The molecule has 0 spiro atoms. The summed E-state index contributed by atoms with van der Waals surface area (Å²) in [6.45, 7) is 2.99. The summed E-state index contributed by atoms with van der Waals surface area (Å²) < 4.78 is 47.0. The molecule has 13 nitrogen and oxygen atoms in total. The highest BCUT2D eigenvalue weighted by molar-refractivity contribution is 7.80. The van der Waals surface area contributed by atoms with Gasteiger partial charge in [-0.2, -0.15) is 8.42 Å². The molecule has 1 aliphatic rings. The molecule has 8 atom stereocenters. The monoisotopic (exact) mass is 693 g/mol. The lowest BCUT2D eigenvalue weighted by molar-refractivity contribution is -0.298. The SMILES string of the molecule is CCCC/C=C\CCCCCCC(O)C(=O)NC(COC1OC(CO)C(O)C(OS(=O)(=O)O)C1O)C(O)/C=C/CC/C=C/CCCC. The topological polar surface area (TPSA) is 212 Å². The highest BCUT2D eigenvalue weighted by Crippen LogP contribution is 2.26. The Hall–Kier alpha value is -1.72. The fraction of sp³-hybridized carbons (Fsp3) is 0.788. The quantitative estimate of drug-likeness (QED) is 0.0396. The maximum Gasteiger partial charge on any atom is 0.397 e. The molecule has 0 aromatic carbocycles. The second-order valence-electron chi connectivity index (χ2n) is 11.9. The Morgan fingerprint density at radius 2 is 1.43 bits per heavy atom. The van der Waals surface area contributed by atoms with Crippen LogP contribution in [0.2, 0.25) is 0 Å². The van der Waals surface area contributed by atoms with Gasteiger partial charge >= 0.3 is 10.4 Å². The van der Waals surface area contributed by atoms with Crippen molar-refractivity contribution in [3.05, 3.63) is 36.5 Å². The Morgan fingerprint density at radius 1 is 0.851 bits per heavy atom. The first kappa shape index (κ1) is 43.3. The first-order chi connectivity index (χ1) is 22.4. The number of hydrogen-bond donors (Lipinski definition) is 7. The molecule has 0 aromatic heterocycles. The minimum Gasteiger partial charge on any atom is -0.394 e. The van der Waals surface area contributed by atoms with Crippen LogP contribution >= 0.6 is 0 Å². The number of aliphatic hydroxyl groups is 5. The molecule has 1 rings (SSSR count). The molecule has 1 heterocycles. The Kier molecular flexibility index (Phi) is 23.3. The average molecular weight is 694 g/mol. The minimum absolute atomic E-state index is 0.219. The van der Waals surface area contributed by atoms with Crippen LogP contribution in [0, 0.1) is 0 Å². The van der Waals surface area contributed by atoms with E-state index in [1.807, 2.05) is 6.08 Å². The van der Waals surface area contributed by atoms with E-state index in [-0.39, 0.29) is 6.42 Å². The van der Waals surface area contributed by atoms with Crippen LogP contribution in [0.4, 0.5) is 0 Å². The van der Waals surface area contributed by atoms with E-state index in [1.165, 1.54) is 18.9 Å². The second-order valence-corrected chi connectivity index (χ2v) is 12.9. The fourth-order valence-corrected chi connectivity index (χ4v) is 5.42. The average Bonchev–Trinajstić information content (AvgIpc) is 3.03. The molecule has 7 N–H and O–H groups in total. The molecule has 1 amide bonds. The van der Waals surface area contributed by atoms with E-state index < -0.39 is 78.5 Å². The number of aliphatic hydroxyl groups excluding tert-OH is 5. The first-order valence-electron chi connectivity index (χ1n) is 17.0. The molecule has 0 radical (unpaired) electrons. The highest BCUT2D eigenvalue weighted by atomic mass is 32.3. The number of ether oxygens (including phenoxy) is 2. The van der Waals surface area contributed by atoms with Gasteiger partial charge in [-0.15, -0.1) is 0 Å². The van der Waals surface area contributed by atoms with Gasteiger partial charge in [0, 0.05) is 0 Å². The predicted molar refractivity (Wildman–Crippen MR) is 177 cm³/mol. The third-order valence-corrected chi connectivity index (χ3v) is 8.22. The first-order valence-corrected chi connectivity index (χ1v) is 18.3. The van der Waals surface area contributed by atoms with Crippen molar-refractivity contribution in [3.63, 3.8) is 0 Å². The number of amides is 1. The number of nitrogens with one attached hydrogen (secondary N) is 1. The molecule has 274 valence electrons. The van der Waals surface area contributed by atoms with Crippen LogP contribution in [0.5, 0.6) is 0 Å². The van der Waals surface area contributed by atoms with Gasteiger partial charge < -0.3 is 40.3 Å². The van der Waals surface area contributed by atoms with Gasteiger partial charge in [-0.3, -0.25) is 9.35 Å². The molecule has 0 bridgehead atoms. The van der Waals surface area contributed by atoms with Crippen LogP contribution < -0.4 is 5.32 Å². The van der Waals surface area contributed by atoms with Gasteiger partial charge in [0.25, 0.3) is 0 Å². The number of hydrogen-bond acceptors (Lipinski definition) is 11. The minimum atomic E-state index is -5.11. The van der Waals surface area contributed by atoms with Gasteiger partial charge in [0.05, 0.1) is 25.4 Å². The van der Waals surface area contributed by atoms with E-state index in [2.05, 4.69) is 41.6 Å². The second kappa shape index (κ2) is 25.3. The normalized spacial score (nSPS) is 24.3. The third-order valence-electron chi connectivity index (χ3n) is 7.75. The summed E-state index contributed by atoms with van der Waals surface area (Å²) in [7, 11) is -5.11. The summed E-state index contributed by atoms with van der Waals surface area (Å²) in [6.07, 6.45) is 13.0. The lowest BCUT2D eigenvalue weighted by Crippen LogP contribution is -2.61. The summed E-state index contributed by atoms with van der Waals surface area (Å²) in [5, 5.41) is 54.4. The van der Waals surface area contributed by atoms with Crippen molar-refractivity contribution in [1.29, 1.82) is 0 Å². The van der Waals surface area contributed by atoms with Gasteiger partial charge in [-0.25, -0.2) is 4.18 Å². The van der Waals surface area contributed by atoms with Crippen LogP contribution in [0.3, 0.4) is 0 Å². The van der Waals surface area contributed by atoms with Crippen molar-refractivity contribution in [2.75, 3.05) is 13.2 Å². The van der Waals surface area contributed by atoms with Crippen molar-refractivity contribution in [2.45, 2.75) is 153 Å². The van der Waals surface area contributed by atoms with Crippen molar-refractivity contribution in [2.24, 2.45) is 0 Å². The zero-order valence-electron chi connectivity index (χ0n) is 27.9. The zero-order valence-corrected chi connectivity index (χ0v) is 28.8. The van der Waals surface area contributed by atoms with E-state index in [0.29, 0.717) is 12.8 Å². The molecule has 8 unspecified atom stereocenters. The van der Waals surface area contributed by atoms with Crippen LogP contribution in [0.15, 0.2) is 36.5 Å². The zero-order chi connectivity index (χ0) is 35.1. The summed E-state index contributed by atoms with van der Waals surface area (Å²) in [5.74, 6) is -0.731. The van der Waals surface area contributed by atoms with E-state index in [1.54, 1.807) is 6.08 Å². The van der Waals surface area contributed by atoms with Crippen molar-refractivity contribution < 1.29 is 57.0 Å². The van der Waals surface area contributed by atoms with E-state index in [4.69, 9.17) is 14.0 Å². The molecular formula is C33H59NO12S. The van der Waals surface area contributed by atoms with Gasteiger partial charge in [-0.05, 0) is 44.9 Å². The lowest BCUT2D eigenvalue weighted by atomic mass is 9.99. The molecule has 47 heavy (non-hydrogen) atoms. The Labute approximate surface area is 280 Å². The van der Waals surface area contributed by atoms with E-state index >= 15 is 0 Å². The molecule has 0 saturated carbocycles. The number of rotatable bonds is 26. The maximum absolute atomic E-state index is 12.9. The fourth-order valence-electron chi connectivity index (χ4n) is 4.91. The Bertz CT molecular complexity index is 1020. The van der Waals surface area contributed by atoms with Crippen LogP contribution in [0.1, 0.15) is 104 Å². The van der Waals surface area contributed by atoms with Crippen LogP contribution in [-0.2, 0) is 28.9 Å². The Balaban J connectivity index is 2.81. The number of allylic oxidation sites excluding steroid dienone is 5. The van der Waals surface area contributed by atoms with Crippen LogP contribution in [0.25, 0.3) is 0 Å². The largest absolute Gasteiger partial charge is 0.397 e.